The molecule has 1 saturated heterocycles. The molecule has 4 rings (SSSR count). The summed E-state index contributed by atoms with van der Waals surface area (Å²) in [5.74, 6) is -0.770. The topological polar surface area (TPSA) is 61.4 Å². The van der Waals surface area contributed by atoms with Crippen LogP contribution < -0.4 is 10.6 Å². The van der Waals surface area contributed by atoms with Crippen molar-refractivity contribution in [3.63, 3.8) is 0 Å². The number of halogens is 1. The van der Waals surface area contributed by atoms with Crippen LogP contribution in [-0.2, 0) is 11.3 Å². The van der Waals surface area contributed by atoms with Gasteiger partial charge in [0.1, 0.15) is 0 Å². The smallest absolute Gasteiger partial charge is 0.260 e. The van der Waals surface area contributed by atoms with Crippen molar-refractivity contribution in [1.29, 1.82) is 0 Å². The molecule has 2 aromatic carbocycles. The predicted molar refractivity (Wildman–Crippen MR) is 114 cm³/mol. The zero-order valence-corrected chi connectivity index (χ0v) is 17.3. The molecule has 0 aliphatic carbocycles. The van der Waals surface area contributed by atoms with Gasteiger partial charge in [-0.25, -0.2) is 0 Å². The summed E-state index contributed by atoms with van der Waals surface area (Å²) in [6, 6.07) is 14.2. The Morgan fingerprint density at radius 3 is 2.64 bits per heavy atom. The summed E-state index contributed by atoms with van der Waals surface area (Å²) in [5.41, 5.74) is 3.72. The SMILES string of the molecule is CC1CCCN1Cc1ccc(N/C=C2\C(=O)NC(=O)c3ccc(Br)cc32)cc1. The third-order valence-corrected chi connectivity index (χ3v) is 5.89. The lowest BCUT2D eigenvalue weighted by atomic mass is 9.95. The van der Waals surface area contributed by atoms with Crippen LogP contribution in [0.15, 0.2) is 53.1 Å². The van der Waals surface area contributed by atoms with E-state index in [9.17, 15) is 9.59 Å². The highest BCUT2D eigenvalue weighted by Crippen LogP contribution is 2.27. The Hall–Kier alpha value is -2.44. The molecule has 2 aliphatic heterocycles. The van der Waals surface area contributed by atoms with Crippen LogP contribution in [0.25, 0.3) is 5.57 Å². The van der Waals surface area contributed by atoms with Crippen molar-refractivity contribution in [2.45, 2.75) is 32.4 Å². The predicted octanol–water partition coefficient (Wildman–Crippen LogP) is 4.16. The van der Waals surface area contributed by atoms with Gasteiger partial charge < -0.3 is 5.32 Å². The minimum absolute atomic E-state index is 0.370. The van der Waals surface area contributed by atoms with Gasteiger partial charge in [-0.15, -0.1) is 0 Å². The number of fused-ring (bicyclic) bond motifs is 1. The summed E-state index contributed by atoms with van der Waals surface area (Å²) in [4.78, 5) is 26.9. The maximum Gasteiger partial charge on any atom is 0.260 e. The van der Waals surface area contributed by atoms with Crippen LogP contribution in [0, 0.1) is 0 Å². The first-order valence-corrected chi connectivity index (χ1v) is 10.3. The number of carbonyl (C=O) groups excluding carboxylic acids is 2. The molecule has 0 aromatic heterocycles. The van der Waals surface area contributed by atoms with Crippen LogP contribution in [0.2, 0.25) is 0 Å². The standard InChI is InChI=1S/C22H22BrN3O2/c1-14-3-2-10-26(14)13-15-4-7-17(8-5-15)24-12-20-19-11-16(23)6-9-18(19)21(27)25-22(20)28/h4-9,11-12,14,24H,2-3,10,13H2,1H3,(H,25,27,28)/b20-12-. The second-order valence-electron chi connectivity index (χ2n) is 7.33. The maximum absolute atomic E-state index is 12.3. The second kappa shape index (κ2) is 7.89. The van der Waals surface area contributed by atoms with Gasteiger partial charge in [0.25, 0.3) is 11.8 Å². The van der Waals surface area contributed by atoms with Gasteiger partial charge in [-0.2, -0.15) is 0 Å². The first-order chi connectivity index (χ1) is 13.5. The number of amides is 2. The van der Waals surface area contributed by atoms with E-state index in [1.807, 2.05) is 12.1 Å². The molecule has 2 N–H and O–H groups in total. The van der Waals surface area contributed by atoms with Gasteiger partial charge in [0.2, 0.25) is 0 Å². The van der Waals surface area contributed by atoms with Crippen LogP contribution in [0.5, 0.6) is 0 Å². The van der Waals surface area contributed by atoms with E-state index in [4.69, 9.17) is 0 Å². The minimum atomic E-state index is -0.400. The number of imide groups is 1. The first kappa shape index (κ1) is 18.9. The Morgan fingerprint density at radius 1 is 1.14 bits per heavy atom. The molecule has 2 aromatic rings. The normalized spacial score (nSPS) is 20.9. The van der Waals surface area contributed by atoms with Gasteiger partial charge >= 0.3 is 0 Å². The number of anilines is 1. The average molecular weight is 440 g/mol. The fraction of sp³-hybridized carbons (Fsp3) is 0.273. The summed E-state index contributed by atoms with van der Waals surface area (Å²) in [7, 11) is 0. The van der Waals surface area contributed by atoms with Crippen LogP contribution in [0.1, 0.15) is 41.3 Å². The summed E-state index contributed by atoms with van der Waals surface area (Å²) in [5, 5.41) is 5.57. The zero-order valence-electron chi connectivity index (χ0n) is 15.7. The molecule has 1 fully saturated rings. The van der Waals surface area contributed by atoms with E-state index in [0.717, 1.165) is 23.2 Å². The highest BCUT2D eigenvalue weighted by atomic mass is 79.9. The molecule has 0 bridgehead atoms. The summed E-state index contributed by atoms with van der Waals surface area (Å²) in [6.07, 6.45) is 4.20. The molecule has 28 heavy (non-hydrogen) atoms. The highest BCUT2D eigenvalue weighted by Gasteiger charge is 2.27. The number of hydrogen-bond donors (Lipinski definition) is 2. The Morgan fingerprint density at radius 2 is 1.93 bits per heavy atom. The van der Waals surface area contributed by atoms with E-state index < -0.39 is 5.91 Å². The van der Waals surface area contributed by atoms with Crippen molar-refractivity contribution in [3.05, 3.63) is 69.8 Å². The Labute approximate surface area is 172 Å². The monoisotopic (exact) mass is 439 g/mol. The molecule has 2 amide bonds. The van der Waals surface area contributed by atoms with Crippen LogP contribution in [0.3, 0.4) is 0 Å². The molecular formula is C22H22BrN3O2. The van der Waals surface area contributed by atoms with Gasteiger partial charge in [-0.05, 0) is 62.2 Å². The summed E-state index contributed by atoms with van der Waals surface area (Å²) < 4.78 is 0.820. The van der Waals surface area contributed by atoms with Crippen LogP contribution in [0.4, 0.5) is 5.69 Å². The number of carbonyl (C=O) groups is 2. The van der Waals surface area contributed by atoms with Gasteiger partial charge in [-0.1, -0.05) is 28.1 Å². The number of benzene rings is 2. The summed E-state index contributed by atoms with van der Waals surface area (Å²) in [6.45, 7) is 4.41. The molecule has 1 atom stereocenters. The van der Waals surface area contributed by atoms with Gasteiger partial charge in [0.15, 0.2) is 0 Å². The maximum atomic E-state index is 12.3. The lowest BCUT2D eigenvalue weighted by Gasteiger charge is -2.21. The van der Waals surface area contributed by atoms with E-state index in [1.54, 1.807) is 24.4 Å². The molecular weight excluding hydrogens is 418 g/mol. The number of hydrogen-bond acceptors (Lipinski definition) is 4. The van der Waals surface area contributed by atoms with E-state index in [1.165, 1.54) is 18.4 Å². The van der Waals surface area contributed by atoms with Gasteiger partial charge in [0, 0.05) is 40.1 Å². The molecule has 6 heteroatoms. The molecule has 5 nitrogen and oxygen atoms in total. The average Bonchev–Trinajstić information content (AvgIpc) is 3.07. The quantitative estimate of drug-likeness (QED) is 0.554. The zero-order chi connectivity index (χ0) is 19.7. The van der Waals surface area contributed by atoms with Crippen molar-refractivity contribution in [2.75, 3.05) is 11.9 Å². The van der Waals surface area contributed by atoms with Crippen LogP contribution >= 0.6 is 15.9 Å². The minimum Gasteiger partial charge on any atom is -0.361 e. The fourth-order valence-electron chi connectivity index (χ4n) is 3.76. The number of rotatable bonds is 4. The Balaban J connectivity index is 1.51. The third kappa shape index (κ3) is 3.88. The molecule has 144 valence electrons. The van der Waals surface area contributed by atoms with E-state index in [-0.39, 0.29) is 5.91 Å². The molecule has 2 aliphatic rings. The molecule has 2 heterocycles. The summed E-state index contributed by atoms with van der Waals surface area (Å²) >= 11 is 3.41. The third-order valence-electron chi connectivity index (χ3n) is 5.40. The Kier molecular flexibility index (Phi) is 5.33. The Bertz CT molecular complexity index is 953. The fourth-order valence-corrected chi connectivity index (χ4v) is 4.13. The van der Waals surface area contributed by atoms with Crippen molar-refractivity contribution in [3.8, 4) is 0 Å². The number of nitrogens with one attached hydrogen (secondary N) is 2. The van der Waals surface area contributed by atoms with E-state index in [2.05, 4.69) is 50.5 Å². The first-order valence-electron chi connectivity index (χ1n) is 9.46. The van der Waals surface area contributed by atoms with E-state index in [0.29, 0.717) is 22.7 Å². The van der Waals surface area contributed by atoms with Crippen molar-refractivity contribution in [1.82, 2.24) is 10.2 Å². The lowest BCUT2D eigenvalue weighted by molar-refractivity contribution is -0.114. The number of likely N-dealkylation sites (tertiary alicyclic amines) is 1. The van der Waals surface area contributed by atoms with Gasteiger partial charge in [-0.3, -0.25) is 19.8 Å². The lowest BCUT2D eigenvalue weighted by Crippen LogP contribution is -2.36. The van der Waals surface area contributed by atoms with Gasteiger partial charge in [0.05, 0.1) is 5.57 Å². The molecule has 0 saturated carbocycles. The molecule has 1 unspecified atom stereocenters. The second-order valence-corrected chi connectivity index (χ2v) is 8.25. The van der Waals surface area contributed by atoms with Crippen molar-refractivity contribution >= 4 is 39.0 Å². The molecule has 0 spiro atoms. The number of nitrogens with zero attached hydrogens (tertiary/aromatic N) is 1. The van der Waals surface area contributed by atoms with Crippen molar-refractivity contribution < 1.29 is 9.59 Å². The van der Waals surface area contributed by atoms with Crippen LogP contribution in [-0.4, -0.2) is 29.3 Å². The van der Waals surface area contributed by atoms with E-state index >= 15 is 0 Å². The largest absolute Gasteiger partial charge is 0.361 e. The molecule has 0 radical (unpaired) electrons. The highest BCUT2D eigenvalue weighted by molar-refractivity contribution is 9.10. The van der Waals surface area contributed by atoms with Crippen molar-refractivity contribution in [2.24, 2.45) is 0 Å².